The molecule has 9 nitrogen and oxygen atoms in total. The first-order valence-electron chi connectivity index (χ1n) is 11.2. The molecule has 1 amide bonds. The molecule has 31 heavy (non-hydrogen) atoms. The van der Waals surface area contributed by atoms with Gasteiger partial charge in [0, 0.05) is 20.6 Å². The maximum Gasteiger partial charge on any atom is 0.409 e. The largest absolute Gasteiger partial charge is 0.473 e. The summed E-state index contributed by atoms with van der Waals surface area (Å²) in [6.07, 6.45) is 8.51. The van der Waals surface area contributed by atoms with E-state index in [-0.39, 0.29) is 18.8 Å². The molecule has 2 heterocycles. The van der Waals surface area contributed by atoms with E-state index in [1.165, 1.54) is 25.7 Å². The van der Waals surface area contributed by atoms with Crippen LogP contribution in [0.15, 0.2) is 6.20 Å². The van der Waals surface area contributed by atoms with Crippen molar-refractivity contribution in [3.63, 3.8) is 0 Å². The molecule has 0 aliphatic heterocycles. The van der Waals surface area contributed by atoms with Crippen molar-refractivity contribution in [1.82, 2.24) is 29.9 Å². The average Bonchev–Trinajstić information content (AvgIpc) is 3.32. The Morgan fingerprint density at radius 2 is 2.03 bits per heavy atom. The molecule has 2 fully saturated rings. The Balaban J connectivity index is 1.41. The number of aryl methyl sites for hydroxylation is 2. The number of rotatable bonds is 7. The molecular formula is C22H32N6O3. The van der Waals surface area contributed by atoms with Crippen LogP contribution in [0.3, 0.4) is 0 Å². The molecule has 2 aromatic rings. The number of hydrogen-bond donors (Lipinski definition) is 0. The summed E-state index contributed by atoms with van der Waals surface area (Å²) < 4.78 is 13.2. The van der Waals surface area contributed by atoms with Crippen LogP contribution < -0.4 is 4.74 Å². The van der Waals surface area contributed by atoms with Gasteiger partial charge in [-0.05, 0) is 50.9 Å². The van der Waals surface area contributed by atoms with Gasteiger partial charge >= 0.3 is 6.09 Å². The number of nitrogens with zero attached hydrogens (tertiary/aromatic N) is 6. The van der Waals surface area contributed by atoms with Crippen LogP contribution >= 0.6 is 0 Å². The third-order valence-corrected chi connectivity index (χ3v) is 6.35. The van der Waals surface area contributed by atoms with Crippen molar-refractivity contribution in [3.05, 3.63) is 17.6 Å². The molecule has 0 bridgehead atoms. The second-order valence-corrected chi connectivity index (χ2v) is 8.94. The van der Waals surface area contributed by atoms with Gasteiger partial charge in [0.1, 0.15) is 35.5 Å². The number of hydrogen-bond acceptors (Lipinski definition) is 7. The lowest BCUT2D eigenvalue weighted by atomic mass is 9.98. The van der Waals surface area contributed by atoms with E-state index in [1.54, 1.807) is 29.9 Å². The maximum atomic E-state index is 12.4. The van der Waals surface area contributed by atoms with Crippen molar-refractivity contribution in [2.24, 2.45) is 18.9 Å². The van der Waals surface area contributed by atoms with Crippen LogP contribution in [0.5, 0.6) is 5.88 Å². The quantitative estimate of drug-likeness (QED) is 0.666. The Labute approximate surface area is 183 Å². The summed E-state index contributed by atoms with van der Waals surface area (Å²) in [4.78, 5) is 23.1. The number of ether oxygens (including phenoxy) is 2. The molecule has 0 unspecified atom stereocenters. The highest BCUT2D eigenvalue weighted by molar-refractivity contribution is 5.67. The van der Waals surface area contributed by atoms with Gasteiger partial charge in [0.05, 0.1) is 6.20 Å². The standard InChI is InChI=1S/C22H32N6O3/c1-14-10-16(14)12-27(3)22(29)30-13-19-20(25-26-28(19)4)18-11-23-21(15(2)24-18)31-17-8-6-5-7-9-17/h11,14,16-17H,5-10,12-13H2,1-4H3/t14-,16+/m1/s1. The lowest BCUT2D eigenvalue weighted by Crippen LogP contribution is -2.29. The van der Waals surface area contributed by atoms with Crippen LogP contribution in [0.2, 0.25) is 0 Å². The van der Waals surface area contributed by atoms with E-state index in [9.17, 15) is 4.79 Å². The van der Waals surface area contributed by atoms with Crippen LogP contribution in [0.1, 0.15) is 56.8 Å². The minimum Gasteiger partial charge on any atom is -0.473 e. The molecule has 4 rings (SSSR count). The zero-order valence-electron chi connectivity index (χ0n) is 18.9. The van der Waals surface area contributed by atoms with Gasteiger partial charge in [-0.1, -0.05) is 18.6 Å². The summed E-state index contributed by atoms with van der Waals surface area (Å²) in [5.41, 5.74) is 2.55. The molecule has 9 heteroatoms. The van der Waals surface area contributed by atoms with Crippen molar-refractivity contribution < 1.29 is 14.3 Å². The summed E-state index contributed by atoms with van der Waals surface area (Å²) in [5.74, 6) is 1.84. The van der Waals surface area contributed by atoms with Crippen molar-refractivity contribution in [2.45, 2.75) is 65.1 Å². The highest BCUT2D eigenvalue weighted by atomic mass is 16.6. The molecule has 2 saturated carbocycles. The Hall–Kier alpha value is -2.71. The van der Waals surface area contributed by atoms with Gasteiger partial charge < -0.3 is 14.4 Å². The molecule has 2 aliphatic rings. The zero-order valence-corrected chi connectivity index (χ0v) is 18.9. The van der Waals surface area contributed by atoms with Gasteiger partial charge in [-0.25, -0.2) is 19.4 Å². The fourth-order valence-corrected chi connectivity index (χ4v) is 4.10. The summed E-state index contributed by atoms with van der Waals surface area (Å²) in [5, 5.41) is 8.32. The normalized spacial score (nSPS) is 21.0. The number of carbonyl (C=O) groups excluding carboxylic acids is 1. The van der Waals surface area contributed by atoms with Crippen molar-refractivity contribution >= 4 is 6.09 Å². The maximum absolute atomic E-state index is 12.4. The predicted molar refractivity (Wildman–Crippen MR) is 114 cm³/mol. The Morgan fingerprint density at radius 3 is 2.71 bits per heavy atom. The topological polar surface area (TPSA) is 95.3 Å². The van der Waals surface area contributed by atoms with E-state index in [0.29, 0.717) is 34.8 Å². The monoisotopic (exact) mass is 428 g/mol. The van der Waals surface area contributed by atoms with Gasteiger partial charge in [0.15, 0.2) is 0 Å². The first-order chi connectivity index (χ1) is 14.9. The van der Waals surface area contributed by atoms with E-state index in [0.717, 1.165) is 25.1 Å². The Bertz CT molecular complexity index is 924. The lowest BCUT2D eigenvalue weighted by Gasteiger charge is -2.22. The average molecular weight is 429 g/mol. The van der Waals surface area contributed by atoms with E-state index in [4.69, 9.17) is 9.47 Å². The fourth-order valence-electron chi connectivity index (χ4n) is 4.10. The molecule has 0 N–H and O–H groups in total. The summed E-state index contributed by atoms with van der Waals surface area (Å²) in [7, 11) is 3.55. The van der Waals surface area contributed by atoms with Crippen LogP contribution in [0, 0.1) is 18.8 Å². The minimum atomic E-state index is -0.343. The van der Waals surface area contributed by atoms with Gasteiger partial charge in [-0.2, -0.15) is 0 Å². The van der Waals surface area contributed by atoms with E-state index < -0.39 is 0 Å². The number of aromatic nitrogens is 5. The molecular weight excluding hydrogens is 396 g/mol. The molecule has 0 radical (unpaired) electrons. The van der Waals surface area contributed by atoms with Crippen LogP contribution in [0.25, 0.3) is 11.4 Å². The predicted octanol–water partition coefficient (Wildman–Crippen LogP) is 3.52. The number of carbonyl (C=O) groups is 1. The smallest absolute Gasteiger partial charge is 0.409 e. The van der Waals surface area contributed by atoms with Gasteiger partial charge in [-0.3, -0.25) is 0 Å². The molecule has 0 saturated heterocycles. The molecule has 0 spiro atoms. The zero-order chi connectivity index (χ0) is 22.0. The fraction of sp³-hybridized carbons (Fsp3) is 0.682. The SMILES string of the molecule is Cc1nc(-c2nnn(C)c2COC(=O)N(C)C[C@@H]2C[C@H]2C)cnc1OC1CCCCC1. The van der Waals surface area contributed by atoms with E-state index in [2.05, 4.69) is 27.2 Å². The summed E-state index contributed by atoms with van der Waals surface area (Å²) >= 11 is 0. The van der Waals surface area contributed by atoms with Gasteiger partial charge in [0.2, 0.25) is 5.88 Å². The van der Waals surface area contributed by atoms with Gasteiger partial charge in [0.25, 0.3) is 0 Å². The van der Waals surface area contributed by atoms with Crippen LogP contribution in [0.4, 0.5) is 4.79 Å². The number of amides is 1. The summed E-state index contributed by atoms with van der Waals surface area (Å²) in [6, 6.07) is 0. The third kappa shape index (κ3) is 5.14. The first-order valence-corrected chi connectivity index (χ1v) is 11.2. The highest BCUT2D eigenvalue weighted by Crippen LogP contribution is 2.38. The van der Waals surface area contributed by atoms with Crippen molar-refractivity contribution in [2.75, 3.05) is 13.6 Å². The molecule has 168 valence electrons. The molecule has 0 aromatic carbocycles. The minimum absolute atomic E-state index is 0.0727. The Morgan fingerprint density at radius 1 is 1.29 bits per heavy atom. The van der Waals surface area contributed by atoms with Crippen LogP contribution in [-0.4, -0.2) is 55.7 Å². The van der Waals surface area contributed by atoms with E-state index >= 15 is 0 Å². The van der Waals surface area contributed by atoms with Gasteiger partial charge in [-0.15, -0.1) is 5.10 Å². The molecule has 2 aliphatic carbocycles. The van der Waals surface area contributed by atoms with Crippen LogP contribution in [-0.2, 0) is 18.4 Å². The van der Waals surface area contributed by atoms with Crippen molar-refractivity contribution in [3.8, 4) is 17.3 Å². The second kappa shape index (κ2) is 9.20. The van der Waals surface area contributed by atoms with Crippen molar-refractivity contribution in [1.29, 1.82) is 0 Å². The second-order valence-electron chi connectivity index (χ2n) is 8.94. The third-order valence-electron chi connectivity index (χ3n) is 6.35. The van der Waals surface area contributed by atoms with E-state index in [1.807, 2.05) is 6.92 Å². The molecule has 2 aromatic heterocycles. The molecule has 2 atom stereocenters. The lowest BCUT2D eigenvalue weighted by molar-refractivity contribution is 0.101. The summed E-state index contributed by atoms with van der Waals surface area (Å²) in [6.45, 7) is 4.89. The highest BCUT2D eigenvalue weighted by Gasteiger charge is 2.34. The first kappa shape index (κ1) is 21.5. The Kier molecular flexibility index (Phi) is 6.38.